The third kappa shape index (κ3) is 3.13. The molecule has 2 rings (SSSR count). The molecule has 0 spiro atoms. The molecular weight excluding hydrogens is 260 g/mol. The highest BCUT2D eigenvalue weighted by molar-refractivity contribution is 5.88. The van der Waals surface area contributed by atoms with Crippen LogP contribution in [0.2, 0.25) is 0 Å². The van der Waals surface area contributed by atoms with Crippen molar-refractivity contribution in [3.8, 4) is 0 Å². The first-order valence-electron chi connectivity index (χ1n) is 8.00. The molecule has 116 valence electrons. The smallest absolute Gasteiger partial charge is 0.230 e. The molecule has 3 heteroatoms. The number of hydrogen-bond donors (Lipinski definition) is 2. The number of nitrogens with one attached hydrogen (secondary N) is 1. The molecule has 0 heterocycles. The van der Waals surface area contributed by atoms with Crippen LogP contribution < -0.4 is 11.1 Å². The molecule has 2 unspecified atom stereocenters. The quantitative estimate of drug-likeness (QED) is 0.895. The number of carbonyl (C=O) groups excluding carboxylic acids is 1. The summed E-state index contributed by atoms with van der Waals surface area (Å²) in [5, 5.41) is 3.31. The number of carbonyl (C=O) groups is 1. The van der Waals surface area contributed by atoms with Crippen molar-refractivity contribution in [3.63, 3.8) is 0 Å². The largest absolute Gasteiger partial charge is 0.348 e. The standard InChI is InChI=1S/C18H28N2O/c1-14-9-7-8-12-18(14,13-19)20-16(21)17(2,3)15-10-5-4-6-11-15/h4-6,10-11,14H,7-9,12-13,19H2,1-3H3,(H,20,21). The normalized spacial score (nSPS) is 26.4. The first-order chi connectivity index (χ1) is 9.92. The van der Waals surface area contributed by atoms with Crippen LogP contribution in [0.1, 0.15) is 52.0 Å². The Balaban J connectivity index is 2.19. The van der Waals surface area contributed by atoms with E-state index in [2.05, 4.69) is 12.2 Å². The molecule has 0 bridgehead atoms. The Labute approximate surface area is 128 Å². The van der Waals surface area contributed by atoms with Crippen molar-refractivity contribution in [2.75, 3.05) is 6.54 Å². The highest BCUT2D eigenvalue weighted by Crippen LogP contribution is 2.34. The lowest BCUT2D eigenvalue weighted by Gasteiger charge is -2.44. The second-order valence-corrected chi connectivity index (χ2v) is 6.95. The van der Waals surface area contributed by atoms with Crippen LogP contribution in [0.5, 0.6) is 0 Å². The minimum Gasteiger partial charge on any atom is -0.348 e. The summed E-state index contributed by atoms with van der Waals surface area (Å²) in [6.45, 7) is 6.69. The monoisotopic (exact) mass is 288 g/mol. The van der Waals surface area contributed by atoms with E-state index in [9.17, 15) is 4.79 Å². The fourth-order valence-corrected chi connectivity index (χ4v) is 3.32. The molecule has 3 N–H and O–H groups in total. The average molecular weight is 288 g/mol. The van der Waals surface area contributed by atoms with Gasteiger partial charge in [0.15, 0.2) is 0 Å². The molecule has 0 aliphatic heterocycles. The lowest BCUT2D eigenvalue weighted by Crippen LogP contribution is -2.61. The van der Waals surface area contributed by atoms with Gasteiger partial charge in [0.25, 0.3) is 0 Å². The summed E-state index contributed by atoms with van der Waals surface area (Å²) < 4.78 is 0. The SMILES string of the molecule is CC1CCCCC1(CN)NC(=O)C(C)(C)c1ccccc1. The van der Waals surface area contributed by atoms with Gasteiger partial charge in [-0.05, 0) is 38.2 Å². The van der Waals surface area contributed by atoms with E-state index in [4.69, 9.17) is 5.73 Å². The maximum absolute atomic E-state index is 12.9. The van der Waals surface area contributed by atoms with Crippen LogP contribution in [-0.2, 0) is 10.2 Å². The minimum atomic E-state index is -0.541. The Morgan fingerprint density at radius 3 is 2.57 bits per heavy atom. The lowest BCUT2D eigenvalue weighted by atomic mass is 9.72. The molecule has 1 fully saturated rings. The molecule has 0 aromatic heterocycles. The molecule has 3 nitrogen and oxygen atoms in total. The van der Waals surface area contributed by atoms with Gasteiger partial charge < -0.3 is 11.1 Å². The van der Waals surface area contributed by atoms with Crippen LogP contribution >= 0.6 is 0 Å². The van der Waals surface area contributed by atoms with Crippen molar-refractivity contribution in [2.24, 2.45) is 11.7 Å². The van der Waals surface area contributed by atoms with E-state index in [-0.39, 0.29) is 11.4 Å². The van der Waals surface area contributed by atoms with Gasteiger partial charge in [0.05, 0.1) is 11.0 Å². The van der Waals surface area contributed by atoms with Crippen molar-refractivity contribution >= 4 is 5.91 Å². The minimum absolute atomic E-state index is 0.0768. The Hall–Kier alpha value is -1.35. The van der Waals surface area contributed by atoms with Gasteiger partial charge in [-0.25, -0.2) is 0 Å². The van der Waals surface area contributed by atoms with E-state index in [1.165, 1.54) is 6.42 Å². The maximum Gasteiger partial charge on any atom is 0.230 e. The van der Waals surface area contributed by atoms with Gasteiger partial charge in [-0.2, -0.15) is 0 Å². The van der Waals surface area contributed by atoms with Gasteiger partial charge in [0.1, 0.15) is 0 Å². The van der Waals surface area contributed by atoms with Gasteiger partial charge in [-0.3, -0.25) is 4.79 Å². The molecule has 1 saturated carbocycles. The fourth-order valence-electron chi connectivity index (χ4n) is 3.32. The molecule has 1 aromatic carbocycles. The van der Waals surface area contributed by atoms with Crippen LogP contribution in [0.15, 0.2) is 30.3 Å². The van der Waals surface area contributed by atoms with Crippen LogP contribution in [0.4, 0.5) is 0 Å². The van der Waals surface area contributed by atoms with Crippen LogP contribution in [0.25, 0.3) is 0 Å². The highest BCUT2D eigenvalue weighted by Gasteiger charge is 2.41. The molecular formula is C18H28N2O. The summed E-state index contributed by atoms with van der Waals surface area (Å²) in [7, 11) is 0. The summed E-state index contributed by atoms with van der Waals surface area (Å²) in [5.41, 5.74) is 6.31. The molecule has 1 aromatic rings. The molecule has 1 aliphatic carbocycles. The van der Waals surface area contributed by atoms with Crippen molar-refractivity contribution in [2.45, 2.75) is 57.4 Å². The first kappa shape index (κ1) is 16.0. The van der Waals surface area contributed by atoms with E-state index < -0.39 is 5.41 Å². The maximum atomic E-state index is 12.9. The lowest BCUT2D eigenvalue weighted by molar-refractivity contribution is -0.128. The predicted octanol–water partition coefficient (Wildman–Crippen LogP) is 2.99. The topological polar surface area (TPSA) is 55.1 Å². The molecule has 2 atom stereocenters. The van der Waals surface area contributed by atoms with Gasteiger partial charge in [0, 0.05) is 6.54 Å². The van der Waals surface area contributed by atoms with E-state index in [1.54, 1.807) is 0 Å². The van der Waals surface area contributed by atoms with Crippen molar-refractivity contribution in [1.29, 1.82) is 0 Å². The molecule has 0 radical (unpaired) electrons. The third-order valence-electron chi connectivity index (χ3n) is 5.24. The van der Waals surface area contributed by atoms with Gasteiger partial charge >= 0.3 is 0 Å². The van der Waals surface area contributed by atoms with E-state index >= 15 is 0 Å². The van der Waals surface area contributed by atoms with Crippen molar-refractivity contribution < 1.29 is 4.79 Å². The summed E-state index contributed by atoms with van der Waals surface area (Å²) in [4.78, 5) is 12.9. The second kappa shape index (κ2) is 6.18. The Morgan fingerprint density at radius 1 is 1.33 bits per heavy atom. The highest BCUT2D eigenvalue weighted by atomic mass is 16.2. The number of amides is 1. The Bertz CT molecular complexity index is 483. The zero-order chi connectivity index (χ0) is 15.5. The van der Waals surface area contributed by atoms with Crippen LogP contribution in [0, 0.1) is 5.92 Å². The van der Waals surface area contributed by atoms with E-state index in [1.807, 2.05) is 44.2 Å². The van der Waals surface area contributed by atoms with E-state index in [0.717, 1.165) is 24.8 Å². The number of rotatable bonds is 4. The fraction of sp³-hybridized carbons (Fsp3) is 0.611. The van der Waals surface area contributed by atoms with Crippen LogP contribution in [0.3, 0.4) is 0 Å². The van der Waals surface area contributed by atoms with E-state index in [0.29, 0.717) is 12.5 Å². The van der Waals surface area contributed by atoms with Crippen molar-refractivity contribution in [3.05, 3.63) is 35.9 Å². The number of benzene rings is 1. The van der Waals surface area contributed by atoms with Gasteiger partial charge in [0.2, 0.25) is 5.91 Å². The second-order valence-electron chi connectivity index (χ2n) is 6.95. The number of hydrogen-bond acceptors (Lipinski definition) is 2. The summed E-state index contributed by atoms with van der Waals surface area (Å²) in [5.74, 6) is 0.514. The summed E-state index contributed by atoms with van der Waals surface area (Å²) >= 11 is 0. The molecule has 1 amide bonds. The molecule has 21 heavy (non-hydrogen) atoms. The summed E-state index contributed by atoms with van der Waals surface area (Å²) in [6.07, 6.45) is 4.51. The third-order valence-corrected chi connectivity index (χ3v) is 5.24. The number of nitrogens with two attached hydrogens (primary N) is 1. The molecule has 0 saturated heterocycles. The summed E-state index contributed by atoms with van der Waals surface area (Å²) in [6, 6.07) is 9.96. The zero-order valence-corrected chi connectivity index (χ0v) is 13.5. The Kier molecular flexibility index (Phi) is 4.72. The Morgan fingerprint density at radius 2 is 2.00 bits per heavy atom. The zero-order valence-electron chi connectivity index (χ0n) is 13.5. The predicted molar refractivity (Wildman–Crippen MR) is 87.0 cm³/mol. The average Bonchev–Trinajstić information content (AvgIpc) is 2.50. The van der Waals surface area contributed by atoms with Crippen molar-refractivity contribution in [1.82, 2.24) is 5.32 Å². The van der Waals surface area contributed by atoms with Crippen LogP contribution in [-0.4, -0.2) is 18.0 Å². The van der Waals surface area contributed by atoms with Gasteiger partial charge in [-0.15, -0.1) is 0 Å². The molecule has 1 aliphatic rings. The first-order valence-corrected chi connectivity index (χ1v) is 8.00. The van der Waals surface area contributed by atoms with Gasteiger partial charge in [-0.1, -0.05) is 50.1 Å².